The number of esters is 1. The Hall–Kier alpha value is -3.34. The molecule has 2 aromatic carbocycles. The zero-order valence-corrected chi connectivity index (χ0v) is 18.2. The van der Waals surface area contributed by atoms with Gasteiger partial charge in [-0.2, -0.15) is 0 Å². The Bertz CT molecular complexity index is 1080. The van der Waals surface area contributed by atoms with Gasteiger partial charge in [0.2, 0.25) is 0 Å². The van der Waals surface area contributed by atoms with Crippen LogP contribution < -0.4 is 10.1 Å². The molecule has 0 aromatic heterocycles. The van der Waals surface area contributed by atoms with Gasteiger partial charge in [0.25, 0.3) is 0 Å². The number of allylic oxidation sites excluding steroid dienone is 3. The van der Waals surface area contributed by atoms with Crippen molar-refractivity contribution in [3.63, 3.8) is 0 Å². The lowest BCUT2D eigenvalue weighted by molar-refractivity contribution is -0.140. The van der Waals surface area contributed by atoms with Crippen molar-refractivity contribution >= 4 is 11.8 Å². The SMILES string of the molecule is COc1ccc(COC(=O)C2=C(C)NC3=C(C(=O)CCC3)C2c2cccc(C)c2)cc1. The van der Waals surface area contributed by atoms with Gasteiger partial charge in [-0.1, -0.05) is 42.0 Å². The molecule has 1 aliphatic heterocycles. The second kappa shape index (κ2) is 8.80. The Balaban J connectivity index is 1.66. The van der Waals surface area contributed by atoms with E-state index in [0.29, 0.717) is 17.6 Å². The van der Waals surface area contributed by atoms with Gasteiger partial charge in [0, 0.05) is 29.3 Å². The van der Waals surface area contributed by atoms with Gasteiger partial charge in [0.05, 0.1) is 12.7 Å². The zero-order chi connectivity index (χ0) is 22.0. The Morgan fingerprint density at radius 3 is 2.58 bits per heavy atom. The van der Waals surface area contributed by atoms with Crippen LogP contribution in [0.15, 0.2) is 71.1 Å². The number of hydrogen-bond acceptors (Lipinski definition) is 5. The summed E-state index contributed by atoms with van der Waals surface area (Å²) in [4.78, 5) is 26.2. The molecule has 0 spiro atoms. The van der Waals surface area contributed by atoms with Crippen LogP contribution in [0.2, 0.25) is 0 Å². The van der Waals surface area contributed by atoms with Gasteiger partial charge >= 0.3 is 5.97 Å². The van der Waals surface area contributed by atoms with E-state index in [1.54, 1.807) is 7.11 Å². The first-order valence-electron chi connectivity index (χ1n) is 10.6. The number of hydrogen-bond donors (Lipinski definition) is 1. The number of aryl methyl sites for hydroxylation is 1. The fraction of sp³-hybridized carbons (Fsp3) is 0.308. The molecule has 1 heterocycles. The summed E-state index contributed by atoms with van der Waals surface area (Å²) >= 11 is 0. The predicted octanol–water partition coefficient (Wildman–Crippen LogP) is 4.71. The largest absolute Gasteiger partial charge is 0.497 e. The molecule has 0 fully saturated rings. The monoisotopic (exact) mass is 417 g/mol. The van der Waals surface area contributed by atoms with Crippen LogP contribution in [0.3, 0.4) is 0 Å². The Morgan fingerprint density at radius 2 is 1.87 bits per heavy atom. The average molecular weight is 418 g/mol. The highest BCUT2D eigenvalue weighted by Crippen LogP contribution is 2.42. The molecular formula is C26H27NO4. The summed E-state index contributed by atoms with van der Waals surface area (Å²) in [6.07, 6.45) is 2.15. The molecule has 0 saturated carbocycles. The predicted molar refractivity (Wildman–Crippen MR) is 118 cm³/mol. The summed E-state index contributed by atoms with van der Waals surface area (Å²) < 4.78 is 10.9. The summed E-state index contributed by atoms with van der Waals surface area (Å²) in [5, 5.41) is 3.33. The third kappa shape index (κ3) is 4.26. The number of rotatable bonds is 5. The van der Waals surface area contributed by atoms with E-state index in [9.17, 15) is 9.59 Å². The molecule has 0 bridgehead atoms. The molecule has 31 heavy (non-hydrogen) atoms. The molecule has 1 atom stereocenters. The summed E-state index contributed by atoms with van der Waals surface area (Å²) in [6, 6.07) is 15.4. The number of dihydropyridines is 1. The highest BCUT2D eigenvalue weighted by molar-refractivity contribution is 6.03. The lowest BCUT2D eigenvalue weighted by Crippen LogP contribution is -2.34. The Kier molecular flexibility index (Phi) is 5.94. The third-order valence-corrected chi connectivity index (χ3v) is 5.90. The maximum atomic E-state index is 13.3. The number of carbonyl (C=O) groups excluding carboxylic acids is 2. The fourth-order valence-corrected chi connectivity index (χ4v) is 4.39. The van der Waals surface area contributed by atoms with Crippen LogP contribution in [-0.4, -0.2) is 18.9 Å². The summed E-state index contributed by atoms with van der Waals surface area (Å²) in [5.74, 6) is 0.0395. The van der Waals surface area contributed by atoms with E-state index in [-0.39, 0.29) is 12.4 Å². The van der Waals surface area contributed by atoms with Gasteiger partial charge in [0.1, 0.15) is 12.4 Å². The molecular weight excluding hydrogens is 390 g/mol. The summed E-state index contributed by atoms with van der Waals surface area (Å²) in [5.41, 5.74) is 5.81. The molecule has 2 aliphatic rings. The smallest absolute Gasteiger partial charge is 0.337 e. The maximum Gasteiger partial charge on any atom is 0.337 e. The van der Waals surface area contributed by atoms with Crippen LogP contribution in [0.4, 0.5) is 0 Å². The first kappa shape index (κ1) is 20.9. The molecule has 5 heteroatoms. The lowest BCUT2D eigenvalue weighted by Gasteiger charge is -2.34. The Labute approximate surface area is 182 Å². The number of benzene rings is 2. The molecule has 1 aliphatic carbocycles. The average Bonchev–Trinajstić information content (AvgIpc) is 2.77. The number of nitrogens with one attached hydrogen (secondary N) is 1. The highest BCUT2D eigenvalue weighted by Gasteiger charge is 2.39. The van der Waals surface area contributed by atoms with Crippen LogP contribution in [0.1, 0.15) is 48.8 Å². The number of ether oxygens (including phenoxy) is 2. The van der Waals surface area contributed by atoms with Gasteiger partial charge in [-0.25, -0.2) is 4.79 Å². The normalized spacial score (nSPS) is 18.4. The molecule has 5 nitrogen and oxygen atoms in total. The standard InChI is InChI=1S/C26H27NO4/c1-16-6-4-7-19(14-16)24-23(17(2)27-21-8-5-9-22(28)25(21)24)26(29)31-15-18-10-12-20(30-3)13-11-18/h4,6-7,10-14,24,27H,5,8-9,15H2,1-3H3. The fourth-order valence-electron chi connectivity index (χ4n) is 4.39. The molecule has 4 rings (SSSR count). The van der Waals surface area contributed by atoms with E-state index in [1.165, 1.54) is 0 Å². The minimum Gasteiger partial charge on any atom is -0.497 e. The van der Waals surface area contributed by atoms with Gasteiger partial charge in [-0.05, 0) is 49.9 Å². The van der Waals surface area contributed by atoms with Crippen molar-refractivity contribution in [3.8, 4) is 5.75 Å². The minimum atomic E-state index is -0.410. The number of Topliss-reactive ketones (excluding diaryl/α,β-unsaturated/α-hetero) is 1. The van der Waals surface area contributed by atoms with Crippen LogP contribution in [0.25, 0.3) is 0 Å². The van der Waals surface area contributed by atoms with E-state index >= 15 is 0 Å². The van der Waals surface area contributed by atoms with Crippen LogP contribution in [0, 0.1) is 6.92 Å². The Morgan fingerprint density at radius 1 is 1.10 bits per heavy atom. The second-order valence-electron chi connectivity index (χ2n) is 8.10. The van der Waals surface area contributed by atoms with Gasteiger partial charge in [-0.3, -0.25) is 4.79 Å². The van der Waals surface area contributed by atoms with Crippen LogP contribution in [-0.2, 0) is 20.9 Å². The van der Waals surface area contributed by atoms with E-state index in [2.05, 4.69) is 5.32 Å². The van der Waals surface area contributed by atoms with E-state index in [0.717, 1.165) is 46.7 Å². The highest BCUT2D eigenvalue weighted by atomic mass is 16.5. The number of methoxy groups -OCH3 is 1. The maximum absolute atomic E-state index is 13.3. The van der Waals surface area contributed by atoms with Crippen molar-refractivity contribution in [1.29, 1.82) is 0 Å². The van der Waals surface area contributed by atoms with Crippen molar-refractivity contribution in [2.24, 2.45) is 0 Å². The third-order valence-electron chi connectivity index (χ3n) is 5.90. The minimum absolute atomic E-state index is 0.105. The molecule has 1 N–H and O–H groups in total. The summed E-state index contributed by atoms with van der Waals surface area (Å²) in [6.45, 7) is 4.05. The molecule has 0 amide bonds. The van der Waals surface area contributed by atoms with Gasteiger partial charge < -0.3 is 14.8 Å². The number of carbonyl (C=O) groups is 2. The van der Waals surface area contributed by atoms with Crippen molar-refractivity contribution in [1.82, 2.24) is 5.32 Å². The summed E-state index contributed by atoms with van der Waals surface area (Å²) in [7, 11) is 1.61. The zero-order valence-electron chi connectivity index (χ0n) is 18.2. The van der Waals surface area contributed by atoms with E-state index in [4.69, 9.17) is 9.47 Å². The van der Waals surface area contributed by atoms with Gasteiger partial charge in [-0.15, -0.1) is 0 Å². The molecule has 2 aromatic rings. The molecule has 160 valence electrons. The van der Waals surface area contributed by atoms with Crippen LogP contribution in [0.5, 0.6) is 5.75 Å². The van der Waals surface area contributed by atoms with Crippen molar-refractivity contribution in [3.05, 3.63) is 87.8 Å². The molecule has 0 radical (unpaired) electrons. The van der Waals surface area contributed by atoms with Crippen molar-refractivity contribution in [2.45, 2.75) is 45.6 Å². The first-order chi connectivity index (χ1) is 15.0. The second-order valence-corrected chi connectivity index (χ2v) is 8.10. The van der Waals surface area contributed by atoms with Gasteiger partial charge in [0.15, 0.2) is 5.78 Å². The number of ketones is 1. The topological polar surface area (TPSA) is 64.6 Å². The first-order valence-corrected chi connectivity index (χ1v) is 10.6. The van der Waals surface area contributed by atoms with Crippen molar-refractivity contribution in [2.75, 3.05) is 7.11 Å². The van der Waals surface area contributed by atoms with Crippen LogP contribution >= 0.6 is 0 Å². The molecule has 1 unspecified atom stereocenters. The van der Waals surface area contributed by atoms with E-state index in [1.807, 2.05) is 62.4 Å². The quantitative estimate of drug-likeness (QED) is 0.714. The van der Waals surface area contributed by atoms with Crippen molar-refractivity contribution < 1.29 is 19.1 Å². The molecule has 0 saturated heterocycles. The lowest BCUT2D eigenvalue weighted by atomic mass is 9.75. The van der Waals surface area contributed by atoms with E-state index < -0.39 is 11.9 Å².